The molecule has 2 aromatic rings. The zero-order chi connectivity index (χ0) is 13.3. The van der Waals surface area contributed by atoms with Gasteiger partial charge in [0.1, 0.15) is 5.82 Å². The maximum absolute atomic E-state index is 4.40. The molecule has 0 bridgehead atoms. The molecule has 0 aliphatic carbocycles. The minimum absolute atomic E-state index is 0.196. The Kier molecular flexibility index (Phi) is 4.12. The highest BCUT2D eigenvalue weighted by molar-refractivity contribution is 9.11. The number of halogens is 2. The van der Waals surface area contributed by atoms with Crippen LogP contribution in [0.3, 0.4) is 0 Å². The molecule has 5 heteroatoms. The second-order valence-electron chi connectivity index (χ2n) is 4.33. The molecule has 1 aromatic heterocycles. The van der Waals surface area contributed by atoms with Crippen LogP contribution in [-0.4, -0.2) is 9.78 Å². The molecule has 0 amide bonds. The largest absolute Gasteiger partial charge is 0.362 e. The SMILES string of the molecule is Cc1cc(NC(C)c2ccc(Br)cc2Br)nn1C. The van der Waals surface area contributed by atoms with Gasteiger partial charge in [-0.05, 0) is 31.5 Å². The van der Waals surface area contributed by atoms with Gasteiger partial charge < -0.3 is 5.32 Å². The predicted molar refractivity (Wildman–Crippen MR) is 81.8 cm³/mol. The highest BCUT2D eigenvalue weighted by Gasteiger charge is 2.11. The van der Waals surface area contributed by atoms with Gasteiger partial charge in [0, 0.05) is 27.8 Å². The third kappa shape index (κ3) is 2.95. The molecule has 1 unspecified atom stereocenters. The van der Waals surface area contributed by atoms with Crippen LogP contribution in [0.4, 0.5) is 5.82 Å². The van der Waals surface area contributed by atoms with E-state index in [1.54, 1.807) is 0 Å². The Labute approximate surface area is 124 Å². The van der Waals surface area contributed by atoms with Crippen molar-refractivity contribution in [3.63, 3.8) is 0 Å². The summed E-state index contributed by atoms with van der Waals surface area (Å²) >= 11 is 7.04. The van der Waals surface area contributed by atoms with Crippen molar-refractivity contribution < 1.29 is 0 Å². The van der Waals surface area contributed by atoms with Crippen LogP contribution in [-0.2, 0) is 7.05 Å². The van der Waals surface area contributed by atoms with E-state index in [0.717, 1.165) is 20.5 Å². The first-order valence-electron chi connectivity index (χ1n) is 5.69. The van der Waals surface area contributed by atoms with Gasteiger partial charge in [0.05, 0.1) is 6.04 Å². The quantitative estimate of drug-likeness (QED) is 0.863. The van der Waals surface area contributed by atoms with Crippen molar-refractivity contribution in [2.45, 2.75) is 19.9 Å². The molecule has 1 N–H and O–H groups in total. The Hall–Kier alpha value is -0.810. The third-order valence-electron chi connectivity index (χ3n) is 2.91. The molecule has 0 saturated carbocycles. The van der Waals surface area contributed by atoms with Gasteiger partial charge in [-0.3, -0.25) is 4.68 Å². The summed E-state index contributed by atoms with van der Waals surface area (Å²) in [5, 5.41) is 7.81. The lowest BCUT2D eigenvalue weighted by atomic mass is 10.1. The Balaban J connectivity index is 2.19. The average Bonchev–Trinajstić information content (AvgIpc) is 2.57. The lowest BCUT2D eigenvalue weighted by Crippen LogP contribution is -2.08. The van der Waals surface area contributed by atoms with Gasteiger partial charge in [0.25, 0.3) is 0 Å². The molecule has 3 nitrogen and oxygen atoms in total. The summed E-state index contributed by atoms with van der Waals surface area (Å²) in [4.78, 5) is 0. The molecule has 96 valence electrons. The smallest absolute Gasteiger partial charge is 0.148 e. The Morgan fingerprint density at radius 2 is 2.00 bits per heavy atom. The maximum Gasteiger partial charge on any atom is 0.148 e. The van der Waals surface area contributed by atoms with Crippen LogP contribution in [0.1, 0.15) is 24.2 Å². The fourth-order valence-electron chi connectivity index (χ4n) is 1.78. The van der Waals surface area contributed by atoms with Crippen LogP contribution >= 0.6 is 31.9 Å². The minimum Gasteiger partial charge on any atom is -0.362 e. The van der Waals surface area contributed by atoms with Crippen LogP contribution in [0.5, 0.6) is 0 Å². The molecule has 0 saturated heterocycles. The van der Waals surface area contributed by atoms with E-state index in [1.807, 2.05) is 30.8 Å². The molecule has 2 rings (SSSR count). The van der Waals surface area contributed by atoms with Crippen molar-refractivity contribution in [3.05, 3.63) is 44.5 Å². The molecular formula is C13H15Br2N3. The fourth-order valence-corrected chi connectivity index (χ4v) is 3.17. The zero-order valence-electron chi connectivity index (χ0n) is 10.5. The van der Waals surface area contributed by atoms with E-state index in [-0.39, 0.29) is 6.04 Å². The number of nitrogens with zero attached hydrogens (tertiary/aromatic N) is 2. The zero-order valence-corrected chi connectivity index (χ0v) is 13.7. The lowest BCUT2D eigenvalue weighted by molar-refractivity contribution is 0.735. The van der Waals surface area contributed by atoms with E-state index < -0.39 is 0 Å². The Morgan fingerprint density at radius 1 is 1.28 bits per heavy atom. The Morgan fingerprint density at radius 3 is 2.56 bits per heavy atom. The van der Waals surface area contributed by atoms with Gasteiger partial charge in [-0.1, -0.05) is 37.9 Å². The standard InChI is InChI=1S/C13H15Br2N3/c1-8-6-13(17-18(8)3)16-9(2)11-5-4-10(14)7-12(11)15/h4-7,9H,1-3H3,(H,16,17). The molecule has 1 atom stereocenters. The van der Waals surface area contributed by atoms with Gasteiger partial charge >= 0.3 is 0 Å². The highest BCUT2D eigenvalue weighted by atomic mass is 79.9. The first-order chi connectivity index (χ1) is 8.47. The monoisotopic (exact) mass is 371 g/mol. The minimum atomic E-state index is 0.196. The van der Waals surface area contributed by atoms with Crippen molar-refractivity contribution in [2.75, 3.05) is 5.32 Å². The summed E-state index contributed by atoms with van der Waals surface area (Å²) in [5.74, 6) is 0.900. The van der Waals surface area contributed by atoms with E-state index in [0.29, 0.717) is 0 Å². The number of nitrogens with one attached hydrogen (secondary N) is 1. The molecule has 18 heavy (non-hydrogen) atoms. The van der Waals surface area contributed by atoms with E-state index in [4.69, 9.17) is 0 Å². The molecule has 0 fully saturated rings. The lowest BCUT2D eigenvalue weighted by Gasteiger charge is -2.15. The van der Waals surface area contributed by atoms with E-state index in [9.17, 15) is 0 Å². The number of aromatic nitrogens is 2. The van der Waals surface area contributed by atoms with Crippen molar-refractivity contribution in [2.24, 2.45) is 7.05 Å². The second-order valence-corrected chi connectivity index (χ2v) is 6.10. The normalized spacial score (nSPS) is 12.5. The molecule has 0 aliphatic rings. The van der Waals surface area contributed by atoms with E-state index in [1.165, 1.54) is 5.56 Å². The van der Waals surface area contributed by atoms with Crippen molar-refractivity contribution in [3.8, 4) is 0 Å². The number of anilines is 1. The molecule has 0 aliphatic heterocycles. The van der Waals surface area contributed by atoms with Crippen LogP contribution in [0, 0.1) is 6.92 Å². The summed E-state index contributed by atoms with van der Waals surface area (Å²) in [6.45, 7) is 4.16. The van der Waals surface area contributed by atoms with Gasteiger partial charge in [0.2, 0.25) is 0 Å². The maximum atomic E-state index is 4.40. The van der Waals surface area contributed by atoms with Crippen molar-refractivity contribution in [1.29, 1.82) is 0 Å². The number of benzene rings is 1. The summed E-state index contributed by atoms with van der Waals surface area (Å²) in [6, 6.07) is 8.44. The van der Waals surface area contributed by atoms with Crippen LogP contribution in [0.2, 0.25) is 0 Å². The van der Waals surface area contributed by atoms with Crippen LogP contribution in [0.25, 0.3) is 0 Å². The number of aryl methyl sites for hydroxylation is 2. The Bertz CT molecular complexity index is 544. The average molecular weight is 373 g/mol. The highest BCUT2D eigenvalue weighted by Crippen LogP contribution is 2.28. The van der Waals surface area contributed by atoms with E-state index >= 15 is 0 Å². The van der Waals surface area contributed by atoms with Crippen LogP contribution in [0.15, 0.2) is 33.2 Å². The third-order valence-corrected chi connectivity index (χ3v) is 4.09. The molecule has 0 radical (unpaired) electrons. The predicted octanol–water partition coefficient (Wildman–Crippen LogP) is 4.43. The number of hydrogen-bond acceptors (Lipinski definition) is 2. The summed E-state index contributed by atoms with van der Waals surface area (Å²) in [7, 11) is 1.95. The first kappa shape index (κ1) is 13.6. The number of rotatable bonds is 3. The molecule has 1 heterocycles. The van der Waals surface area contributed by atoms with Gasteiger partial charge in [-0.15, -0.1) is 0 Å². The van der Waals surface area contributed by atoms with Crippen LogP contribution < -0.4 is 5.32 Å². The van der Waals surface area contributed by atoms with Gasteiger partial charge in [-0.2, -0.15) is 5.10 Å². The van der Waals surface area contributed by atoms with Gasteiger partial charge in [0.15, 0.2) is 0 Å². The molecular weight excluding hydrogens is 358 g/mol. The summed E-state index contributed by atoms with van der Waals surface area (Å²) in [6.07, 6.45) is 0. The summed E-state index contributed by atoms with van der Waals surface area (Å²) in [5.41, 5.74) is 2.35. The molecule has 0 spiro atoms. The molecule has 1 aromatic carbocycles. The summed E-state index contributed by atoms with van der Waals surface area (Å²) < 4.78 is 4.02. The first-order valence-corrected chi connectivity index (χ1v) is 7.28. The van der Waals surface area contributed by atoms with Crippen molar-refractivity contribution in [1.82, 2.24) is 9.78 Å². The fraction of sp³-hybridized carbons (Fsp3) is 0.308. The van der Waals surface area contributed by atoms with Gasteiger partial charge in [-0.25, -0.2) is 0 Å². The topological polar surface area (TPSA) is 29.9 Å². The second kappa shape index (κ2) is 5.45. The van der Waals surface area contributed by atoms with E-state index in [2.05, 4.69) is 61.3 Å². The van der Waals surface area contributed by atoms with Crippen molar-refractivity contribution >= 4 is 37.7 Å². The number of hydrogen-bond donors (Lipinski definition) is 1.